The van der Waals surface area contributed by atoms with E-state index < -0.39 is 29.9 Å². The van der Waals surface area contributed by atoms with Gasteiger partial charge in [-0.25, -0.2) is 19.5 Å². The van der Waals surface area contributed by atoms with Crippen molar-refractivity contribution in [2.24, 2.45) is 0 Å². The number of hydrogen-bond donors (Lipinski definition) is 0. The molecular formula is C19H28N4O5S. The lowest BCUT2D eigenvalue weighted by Crippen LogP contribution is -2.52. The molecule has 3 heterocycles. The molecule has 0 spiro atoms. The minimum atomic E-state index is -0.756. The maximum atomic E-state index is 12.8. The topological polar surface area (TPSA) is 86.1 Å². The van der Waals surface area contributed by atoms with Crippen LogP contribution in [0, 0.1) is 0 Å². The number of thiocarbonyl (C=S) groups is 1. The second kappa shape index (κ2) is 8.17. The fourth-order valence-electron chi connectivity index (χ4n) is 3.61. The first-order valence-corrected chi connectivity index (χ1v) is 10.1. The number of cyclic esters (lactones) is 1. The number of ether oxygens (including phenoxy) is 3. The third-order valence-electron chi connectivity index (χ3n) is 4.87. The van der Waals surface area contributed by atoms with Gasteiger partial charge in [0.2, 0.25) is 0 Å². The molecule has 0 aliphatic carbocycles. The third-order valence-corrected chi connectivity index (χ3v) is 5.33. The van der Waals surface area contributed by atoms with Crippen molar-refractivity contribution in [1.29, 1.82) is 0 Å². The number of carbonyl (C=O) groups is 2. The Hall–Kier alpha value is -2.36. The van der Waals surface area contributed by atoms with Crippen molar-refractivity contribution in [1.82, 2.24) is 19.4 Å². The number of rotatable bonds is 3. The van der Waals surface area contributed by atoms with Gasteiger partial charge in [-0.05, 0) is 45.8 Å². The highest BCUT2D eigenvalue weighted by atomic mass is 32.1. The van der Waals surface area contributed by atoms with Crippen LogP contribution in [0.15, 0.2) is 12.4 Å². The Bertz CT molecular complexity index is 788. The largest absolute Gasteiger partial charge is 0.464 e. The number of aromatic nitrogens is 2. The fraction of sp³-hybridized carbons (Fsp3) is 0.684. The molecule has 0 radical (unpaired) electrons. The number of aryl methyl sites for hydroxylation is 1. The minimum absolute atomic E-state index is 0.00991. The summed E-state index contributed by atoms with van der Waals surface area (Å²) in [5.41, 5.74) is -0.749. The van der Waals surface area contributed by atoms with Crippen LogP contribution in [0.25, 0.3) is 0 Å². The molecule has 2 amide bonds. The molecule has 2 aliphatic rings. The molecule has 1 aromatic heterocycles. The first-order valence-electron chi connectivity index (χ1n) is 9.66. The van der Waals surface area contributed by atoms with Crippen LogP contribution in [0.3, 0.4) is 0 Å². The summed E-state index contributed by atoms with van der Waals surface area (Å²) in [6.07, 6.45) is 3.29. The molecule has 0 saturated carbocycles. The summed E-state index contributed by atoms with van der Waals surface area (Å²) in [7, 11) is 3.56. The summed E-state index contributed by atoms with van der Waals surface area (Å²) >= 11 is 5.37. The van der Waals surface area contributed by atoms with Crippen LogP contribution in [0.2, 0.25) is 0 Å². The van der Waals surface area contributed by atoms with E-state index in [4.69, 9.17) is 26.4 Å². The van der Waals surface area contributed by atoms with Crippen LogP contribution in [0.4, 0.5) is 9.59 Å². The molecule has 3 atom stereocenters. The van der Waals surface area contributed by atoms with Crippen LogP contribution in [-0.2, 0) is 20.8 Å². The molecule has 2 aliphatic heterocycles. The molecule has 3 rings (SSSR count). The van der Waals surface area contributed by atoms with Gasteiger partial charge >= 0.3 is 12.2 Å². The fourth-order valence-corrected chi connectivity index (χ4v) is 3.72. The van der Waals surface area contributed by atoms with E-state index in [1.165, 1.54) is 0 Å². The first kappa shape index (κ1) is 21.4. The molecule has 1 aromatic rings. The van der Waals surface area contributed by atoms with Gasteiger partial charge in [0.05, 0.1) is 5.92 Å². The number of hydrogen-bond acceptors (Lipinski definition) is 7. The van der Waals surface area contributed by atoms with Gasteiger partial charge < -0.3 is 23.7 Å². The monoisotopic (exact) mass is 424 g/mol. The van der Waals surface area contributed by atoms with E-state index in [1.807, 2.05) is 6.20 Å². The lowest BCUT2D eigenvalue weighted by atomic mass is 9.88. The summed E-state index contributed by atoms with van der Waals surface area (Å²) in [5, 5.41) is 0.266. The van der Waals surface area contributed by atoms with E-state index in [-0.39, 0.29) is 17.7 Å². The molecule has 1 saturated heterocycles. The SMILES string of the molecule is CN(C)C(=S)O[C@H](C1CCCn2ccnc21)[C@@H]1COC(=O)N1C(=O)OC(C)(C)C. The zero-order valence-corrected chi connectivity index (χ0v) is 18.3. The number of amides is 2. The van der Waals surface area contributed by atoms with Gasteiger partial charge in [0.15, 0.2) is 0 Å². The summed E-state index contributed by atoms with van der Waals surface area (Å²) in [6.45, 7) is 6.11. The molecule has 29 heavy (non-hydrogen) atoms. The van der Waals surface area contributed by atoms with Crippen LogP contribution >= 0.6 is 12.2 Å². The maximum absolute atomic E-state index is 12.8. The van der Waals surface area contributed by atoms with Gasteiger partial charge in [-0.1, -0.05) is 0 Å². The summed E-state index contributed by atoms with van der Waals surface area (Å²) in [5.74, 6) is 0.701. The number of nitrogens with zero attached hydrogens (tertiary/aromatic N) is 4. The highest BCUT2D eigenvalue weighted by molar-refractivity contribution is 7.80. The van der Waals surface area contributed by atoms with E-state index in [0.717, 1.165) is 30.1 Å². The van der Waals surface area contributed by atoms with E-state index in [1.54, 1.807) is 46.0 Å². The van der Waals surface area contributed by atoms with Crippen molar-refractivity contribution in [2.75, 3.05) is 20.7 Å². The predicted octanol–water partition coefficient (Wildman–Crippen LogP) is 2.75. The van der Waals surface area contributed by atoms with Crippen molar-refractivity contribution in [3.8, 4) is 0 Å². The van der Waals surface area contributed by atoms with Gasteiger partial charge in [0.1, 0.15) is 30.2 Å². The molecule has 0 bridgehead atoms. The van der Waals surface area contributed by atoms with E-state index in [0.29, 0.717) is 0 Å². The van der Waals surface area contributed by atoms with Crippen LogP contribution in [-0.4, -0.2) is 75.2 Å². The number of carbonyl (C=O) groups excluding carboxylic acids is 2. The molecular weight excluding hydrogens is 396 g/mol. The highest BCUT2D eigenvalue weighted by Crippen LogP contribution is 2.36. The van der Waals surface area contributed by atoms with Crippen molar-refractivity contribution in [3.05, 3.63) is 18.2 Å². The normalized spacial score (nSPS) is 22.5. The second-order valence-corrected chi connectivity index (χ2v) is 8.81. The van der Waals surface area contributed by atoms with Crippen LogP contribution < -0.4 is 0 Å². The average Bonchev–Trinajstić information content (AvgIpc) is 3.24. The smallest absolute Gasteiger partial charge is 0.420 e. The highest BCUT2D eigenvalue weighted by Gasteiger charge is 2.49. The molecule has 0 N–H and O–H groups in total. The Morgan fingerprint density at radius 3 is 2.79 bits per heavy atom. The van der Waals surface area contributed by atoms with Crippen molar-refractivity contribution < 1.29 is 23.8 Å². The van der Waals surface area contributed by atoms with Gasteiger partial charge in [0, 0.05) is 33.0 Å². The maximum Gasteiger partial charge on any atom is 0.420 e. The lowest BCUT2D eigenvalue weighted by Gasteiger charge is -2.36. The van der Waals surface area contributed by atoms with Gasteiger partial charge in [0.25, 0.3) is 5.17 Å². The summed E-state index contributed by atoms with van der Waals surface area (Å²) < 4.78 is 18.9. The Labute approximate surface area is 175 Å². The zero-order chi connectivity index (χ0) is 21.3. The minimum Gasteiger partial charge on any atom is -0.464 e. The molecule has 160 valence electrons. The molecule has 1 unspecified atom stereocenters. The first-order chi connectivity index (χ1) is 13.6. The Morgan fingerprint density at radius 2 is 2.14 bits per heavy atom. The molecule has 9 nitrogen and oxygen atoms in total. The third kappa shape index (κ3) is 4.63. The predicted molar refractivity (Wildman–Crippen MR) is 109 cm³/mol. The van der Waals surface area contributed by atoms with Gasteiger partial charge in [-0.15, -0.1) is 0 Å². The zero-order valence-electron chi connectivity index (χ0n) is 17.5. The number of imidazole rings is 1. The number of imide groups is 1. The van der Waals surface area contributed by atoms with Crippen molar-refractivity contribution in [2.45, 2.75) is 63.8 Å². The number of fused-ring (bicyclic) bond motifs is 1. The van der Waals surface area contributed by atoms with Crippen molar-refractivity contribution >= 4 is 29.6 Å². The van der Waals surface area contributed by atoms with E-state index >= 15 is 0 Å². The van der Waals surface area contributed by atoms with Gasteiger partial charge in [-0.2, -0.15) is 0 Å². The Balaban J connectivity index is 1.94. The van der Waals surface area contributed by atoms with Gasteiger partial charge in [-0.3, -0.25) is 0 Å². The molecule has 0 aromatic carbocycles. The Morgan fingerprint density at radius 1 is 1.41 bits per heavy atom. The van der Waals surface area contributed by atoms with Crippen LogP contribution in [0.1, 0.15) is 45.4 Å². The lowest BCUT2D eigenvalue weighted by molar-refractivity contribution is 0.00977. The van der Waals surface area contributed by atoms with E-state index in [9.17, 15) is 9.59 Å². The quantitative estimate of drug-likeness (QED) is 0.685. The summed E-state index contributed by atoms with van der Waals surface area (Å²) in [6, 6.07) is -0.677. The van der Waals surface area contributed by atoms with Crippen molar-refractivity contribution in [3.63, 3.8) is 0 Å². The summed E-state index contributed by atoms with van der Waals surface area (Å²) in [4.78, 5) is 32.3. The average molecular weight is 425 g/mol. The van der Waals surface area contributed by atoms with E-state index in [2.05, 4.69) is 9.55 Å². The molecule has 10 heteroatoms. The Kier molecular flexibility index (Phi) is 6.02. The molecule has 1 fully saturated rings. The standard InChI is InChI=1S/C19H28N4O5S/c1-19(2,3)28-17(25)23-13(11-26-16(23)24)14(27-18(29)21(4)5)12-7-6-9-22-10-8-20-15(12)22/h8,10,12-14H,6-7,9,11H2,1-5H3/t12?,13-,14+/m0/s1. The van der Waals surface area contributed by atoms with Crippen LogP contribution in [0.5, 0.6) is 0 Å². The second-order valence-electron chi connectivity index (χ2n) is 8.46.